The highest BCUT2D eigenvalue weighted by atomic mass is 16.5. The third-order valence-corrected chi connectivity index (χ3v) is 5.07. The van der Waals surface area contributed by atoms with E-state index < -0.39 is 0 Å². The molecular weight excluding hydrogens is 380 g/mol. The first-order valence-corrected chi connectivity index (χ1v) is 10.2. The molecule has 6 heteroatoms. The monoisotopic (exact) mass is 410 g/mol. The van der Waals surface area contributed by atoms with Crippen molar-refractivity contribution < 1.29 is 19.1 Å². The van der Waals surface area contributed by atoms with Gasteiger partial charge in [-0.3, -0.25) is 14.4 Å². The van der Waals surface area contributed by atoms with E-state index in [1.807, 2.05) is 31.2 Å². The van der Waals surface area contributed by atoms with Gasteiger partial charge in [0.25, 0.3) is 0 Å². The van der Waals surface area contributed by atoms with Crippen molar-refractivity contribution in [3.8, 4) is 5.75 Å². The molecule has 0 saturated heterocycles. The summed E-state index contributed by atoms with van der Waals surface area (Å²) in [5.74, 6) is 0.562. The third kappa shape index (κ3) is 6.72. The van der Waals surface area contributed by atoms with E-state index in [0.717, 1.165) is 11.1 Å². The Balaban J connectivity index is 1.91. The minimum atomic E-state index is -0.0892. The van der Waals surface area contributed by atoms with Crippen molar-refractivity contribution in [3.05, 3.63) is 59.2 Å². The quantitative estimate of drug-likeness (QED) is 0.449. The summed E-state index contributed by atoms with van der Waals surface area (Å²) < 4.78 is 5.37. The number of nitrogen functional groups attached to an aromatic ring is 1. The van der Waals surface area contributed by atoms with E-state index in [2.05, 4.69) is 0 Å². The second-order valence-corrected chi connectivity index (χ2v) is 7.27. The van der Waals surface area contributed by atoms with Gasteiger partial charge < -0.3 is 15.4 Å². The van der Waals surface area contributed by atoms with Gasteiger partial charge >= 0.3 is 0 Å². The molecule has 0 bridgehead atoms. The molecule has 2 aromatic carbocycles. The molecule has 30 heavy (non-hydrogen) atoms. The molecule has 1 amide bonds. The van der Waals surface area contributed by atoms with Crippen molar-refractivity contribution in [3.63, 3.8) is 0 Å². The number of ketones is 2. The number of hydrogen-bond acceptors (Lipinski definition) is 5. The van der Waals surface area contributed by atoms with E-state index in [4.69, 9.17) is 10.5 Å². The van der Waals surface area contributed by atoms with Crippen LogP contribution in [-0.4, -0.2) is 36.0 Å². The van der Waals surface area contributed by atoms with E-state index >= 15 is 0 Å². The summed E-state index contributed by atoms with van der Waals surface area (Å²) in [4.78, 5) is 38.2. The van der Waals surface area contributed by atoms with Crippen LogP contribution in [-0.2, 0) is 22.6 Å². The number of nitrogens with zero attached hydrogens (tertiary/aromatic N) is 1. The maximum atomic E-state index is 12.7. The zero-order valence-corrected chi connectivity index (χ0v) is 17.9. The molecule has 0 aliphatic carbocycles. The molecule has 6 nitrogen and oxygen atoms in total. The van der Waals surface area contributed by atoms with Gasteiger partial charge in [0.15, 0.2) is 5.78 Å². The Morgan fingerprint density at radius 1 is 1.00 bits per heavy atom. The Morgan fingerprint density at radius 3 is 2.30 bits per heavy atom. The number of aryl methyl sites for hydroxylation is 1. The van der Waals surface area contributed by atoms with E-state index in [1.54, 1.807) is 30.2 Å². The number of hydrogen-bond donors (Lipinski definition) is 1. The number of ether oxygens (including phenoxy) is 1. The van der Waals surface area contributed by atoms with E-state index in [0.29, 0.717) is 42.9 Å². The zero-order chi connectivity index (χ0) is 22.1. The molecule has 160 valence electrons. The molecule has 0 aliphatic heterocycles. The summed E-state index contributed by atoms with van der Waals surface area (Å²) in [5, 5.41) is 0. The number of anilines is 1. The molecule has 0 atom stereocenters. The normalized spacial score (nSPS) is 10.5. The van der Waals surface area contributed by atoms with Crippen LogP contribution < -0.4 is 10.5 Å². The van der Waals surface area contributed by atoms with E-state index in [9.17, 15) is 14.4 Å². The van der Waals surface area contributed by atoms with Crippen molar-refractivity contribution in [2.24, 2.45) is 0 Å². The van der Waals surface area contributed by atoms with E-state index in [1.165, 1.54) is 6.92 Å². The Bertz CT molecular complexity index is 891. The SMILES string of the molecule is CCN(Cc1cc(C(C)=O)ccc1OC)C(=O)CCC(=O)CCc1ccc(N)cc1. The van der Waals surface area contributed by atoms with Crippen LogP contribution in [0.25, 0.3) is 0 Å². The average molecular weight is 411 g/mol. The topological polar surface area (TPSA) is 89.7 Å². The number of carbonyl (C=O) groups is 3. The molecule has 0 aliphatic rings. The first-order chi connectivity index (χ1) is 14.3. The van der Waals surface area contributed by atoms with Crippen molar-refractivity contribution in [1.29, 1.82) is 0 Å². The van der Waals surface area contributed by atoms with Gasteiger partial charge in [-0.05, 0) is 56.2 Å². The van der Waals surface area contributed by atoms with Crippen LogP contribution in [0.5, 0.6) is 5.75 Å². The fourth-order valence-electron chi connectivity index (χ4n) is 3.20. The lowest BCUT2D eigenvalue weighted by Crippen LogP contribution is -2.30. The van der Waals surface area contributed by atoms with Gasteiger partial charge in [-0.15, -0.1) is 0 Å². The number of carbonyl (C=O) groups excluding carboxylic acids is 3. The summed E-state index contributed by atoms with van der Waals surface area (Å²) in [5.41, 5.74) is 8.76. The van der Waals surface area contributed by atoms with Gasteiger partial charge in [0.1, 0.15) is 11.5 Å². The second-order valence-electron chi connectivity index (χ2n) is 7.27. The number of Topliss-reactive ketones (excluding diaryl/α,β-unsaturated/α-hetero) is 2. The predicted molar refractivity (Wildman–Crippen MR) is 118 cm³/mol. The molecule has 0 unspecified atom stereocenters. The Kier molecular flexibility index (Phi) is 8.59. The summed E-state index contributed by atoms with van der Waals surface area (Å²) in [6, 6.07) is 12.7. The van der Waals surface area contributed by atoms with Gasteiger partial charge in [0, 0.05) is 49.2 Å². The maximum absolute atomic E-state index is 12.7. The molecular formula is C24H30N2O4. The fraction of sp³-hybridized carbons (Fsp3) is 0.375. The largest absolute Gasteiger partial charge is 0.496 e. The highest BCUT2D eigenvalue weighted by Crippen LogP contribution is 2.22. The number of amides is 1. The predicted octanol–water partition coefficient (Wildman–Crippen LogP) is 3.81. The van der Waals surface area contributed by atoms with Crippen LogP contribution >= 0.6 is 0 Å². The molecule has 0 heterocycles. The van der Waals surface area contributed by atoms with Crippen molar-refractivity contribution in [2.75, 3.05) is 19.4 Å². The maximum Gasteiger partial charge on any atom is 0.223 e. The lowest BCUT2D eigenvalue weighted by atomic mass is 10.0. The molecule has 0 fully saturated rings. The van der Waals surface area contributed by atoms with Crippen LogP contribution in [0.4, 0.5) is 5.69 Å². The molecule has 2 rings (SSSR count). The number of rotatable bonds is 11. The van der Waals surface area contributed by atoms with Crippen LogP contribution in [0.2, 0.25) is 0 Å². The Labute approximate surface area is 178 Å². The lowest BCUT2D eigenvalue weighted by molar-refractivity contribution is -0.133. The van der Waals surface area contributed by atoms with Crippen LogP contribution in [0.1, 0.15) is 54.6 Å². The van der Waals surface area contributed by atoms with Crippen LogP contribution in [0.3, 0.4) is 0 Å². The van der Waals surface area contributed by atoms with Crippen LogP contribution in [0, 0.1) is 0 Å². The average Bonchev–Trinajstić information content (AvgIpc) is 2.75. The summed E-state index contributed by atoms with van der Waals surface area (Å²) in [7, 11) is 1.56. The Hall–Kier alpha value is -3.15. The minimum Gasteiger partial charge on any atom is -0.496 e. The molecule has 0 aromatic heterocycles. The molecule has 2 aromatic rings. The fourth-order valence-corrected chi connectivity index (χ4v) is 3.20. The van der Waals surface area contributed by atoms with E-state index in [-0.39, 0.29) is 30.3 Å². The zero-order valence-electron chi connectivity index (χ0n) is 17.9. The van der Waals surface area contributed by atoms with Gasteiger partial charge in [0.2, 0.25) is 5.91 Å². The second kappa shape index (κ2) is 11.1. The van der Waals surface area contributed by atoms with Crippen molar-refractivity contribution in [1.82, 2.24) is 4.90 Å². The molecule has 0 radical (unpaired) electrons. The van der Waals surface area contributed by atoms with Crippen LogP contribution in [0.15, 0.2) is 42.5 Å². The highest BCUT2D eigenvalue weighted by Gasteiger charge is 2.17. The highest BCUT2D eigenvalue weighted by molar-refractivity contribution is 5.94. The van der Waals surface area contributed by atoms with Gasteiger partial charge in [-0.2, -0.15) is 0 Å². The summed E-state index contributed by atoms with van der Waals surface area (Å²) in [6.45, 7) is 4.23. The molecule has 0 saturated carbocycles. The lowest BCUT2D eigenvalue weighted by Gasteiger charge is -2.22. The third-order valence-electron chi connectivity index (χ3n) is 5.07. The first-order valence-electron chi connectivity index (χ1n) is 10.2. The first kappa shape index (κ1) is 23.1. The molecule has 2 N–H and O–H groups in total. The standard InChI is InChI=1S/C24H30N2O4/c1-4-26(16-20-15-19(17(2)27)8-13-23(20)30-3)24(29)14-12-22(28)11-7-18-5-9-21(25)10-6-18/h5-6,8-10,13,15H,4,7,11-12,14,16,25H2,1-3H3. The summed E-state index contributed by atoms with van der Waals surface area (Å²) in [6.07, 6.45) is 1.43. The minimum absolute atomic E-state index is 0.0417. The number of methoxy groups -OCH3 is 1. The number of benzene rings is 2. The molecule has 0 spiro atoms. The van der Waals surface area contributed by atoms with Gasteiger partial charge in [-0.25, -0.2) is 0 Å². The van der Waals surface area contributed by atoms with Crippen molar-refractivity contribution in [2.45, 2.75) is 46.1 Å². The Morgan fingerprint density at radius 2 is 1.70 bits per heavy atom. The van der Waals surface area contributed by atoms with Crippen molar-refractivity contribution >= 4 is 23.2 Å². The van der Waals surface area contributed by atoms with Gasteiger partial charge in [-0.1, -0.05) is 12.1 Å². The smallest absolute Gasteiger partial charge is 0.223 e. The summed E-state index contributed by atoms with van der Waals surface area (Å²) >= 11 is 0. The van der Waals surface area contributed by atoms with Gasteiger partial charge in [0.05, 0.1) is 7.11 Å². The number of nitrogens with two attached hydrogens (primary N) is 1.